The van der Waals surface area contributed by atoms with Gasteiger partial charge >= 0.3 is 17.9 Å². The largest absolute Gasteiger partial charge is 0.477 e. The first kappa shape index (κ1) is 62.0. The molecule has 0 fully saturated rings. The minimum absolute atomic E-state index is 0.0447. The fraction of sp³-hybridized carbons (Fsp3) is 0.638. The highest BCUT2D eigenvalue weighted by atomic mass is 16.6. The number of allylic oxidation sites excluding steroid dienone is 18. The third kappa shape index (κ3) is 45.2. The summed E-state index contributed by atoms with van der Waals surface area (Å²) in [6.07, 6.45) is 65.6. The number of likely N-dealkylation sites (N-methyl/N-ethyl adjacent to an activating group) is 1. The average Bonchev–Trinajstić information content (AvgIpc) is 3.28. The fourth-order valence-electron chi connectivity index (χ4n) is 6.99. The standard InChI is InChI=1S/C58H95NO7/c1-6-8-10-12-14-16-18-20-22-24-26-27-28-29-31-33-35-37-39-41-43-45-47-49-57(61)66-54(52-64-51-50-55(58(62)63)59(3,4)5)53-65-56(60)48-46-44-42-40-38-36-34-32-30-25-23-21-19-17-15-13-11-9-7-2/h8-11,14-17,20-23,26-27,29-32,54-55H,6-7,12-13,18-19,24-25,28,33-53H2,1-5H3/p+1/b10-8+,11-9+,16-14+,17-15+,22-20+,23-21+,27-26+,31-29+,32-30+. The van der Waals surface area contributed by atoms with E-state index >= 15 is 0 Å². The third-order valence-electron chi connectivity index (χ3n) is 10.9. The lowest BCUT2D eigenvalue weighted by atomic mass is 10.1. The highest BCUT2D eigenvalue weighted by Gasteiger charge is 2.31. The van der Waals surface area contributed by atoms with Crippen molar-refractivity contribution in [2.45, 2.75) is 199 Å². The van der Waals surface area contributed by atoms with Gasteiger partial charge in [-0.15, -0.1) is 0 Å². The third-order valence-corrected chi connectivity index (χ3v) is 10.9. The number of rotatable bonds is 45. The van der Waals surface area contributed by atoms with Crippen LogP contribution in [0.4, 0.5) is 0 Å². The number of quaternary nitrogens is 1. The first-order valence-corrected chi connectivity index (χ1v) is 25.9. The summed E-state index contributed by atoms with van der Waals surface area (Å²) in [5.74, 6) is -1.51. The van der Waals surface area contributed by atoms with Gasteiger partial charge in [0.25, 0.3) is 0 Å². The molecule has 66 heavy (non-hydrogen) atoms. The van der Waals surface area contributed by atoms with E-state index in [-0.39, 0.29) is 36.2 Å². The minimum atomic E-state index is -0.883. The number of carbonyl (C=O) groups excluding carboxylic acids is 2. The second kappa shape index (κ2) is 47.5. The van der Waals surface area contributed by atoms with Crippen molar-refractivity contribution in [1.82, 2.24) is 0 Å². The molecule has 0 aromatic carbocycles. The van der Waals surface area contributed by atoms with E-state index in [1.54, 1.807) is 0 Å². The smallest absolute Gasteiger partial charge is 0.362 e. The van der Waals surface area contributed by atoms with Gasteiger partial charge in [0.05, 0.1) is 34.4 Å². The lowest BCUT2D eigenvalue weighted by Gasteiger charge is -2.31. The molecule has 0 aromatic rings. The predicted octanol–water partition coefficient (Wildman–Crippen LogP) is 15.2. The van der Waals surface area contributed by atoms with Gasteiger partial charge in [-0.2, -0.15) is 0 Å². The van der Waals surface area contributed by atoms with Crippen LogP contribution in [0.5, 0.6) is 0 Å². The van der Waals surface area contributed by atoms with Gasteiger partial charge in [0, 0.05) is 19.3 Å². The molecule has 0 aromatic heterocycles. The van der Waals surface area contributed by atoms with Gasteiger partial charge in [-0.05, 0) is 96.3 Å². The van der Waals surface area contributed by atoms with Crippen LogP contribution >= 0.6 is 0 Å². The molecule has 2 unspecified atom stereocenters. The zero-order valence-corrected chi connectivity index (χ0v) is 42.6. The summed E-state index contributed by atoms with van der Waals surface area (Å²) in [7, 11) is 5.52. The molecular formula is C58H96NO7+. The number of carboxylic acids is 1. The Labute approximate surface area is 404 Å². The van der Waals surface area contributed by atoms with Gasteiger partial charge in [0.1, 0.15) is 6.61 Å². The number of unbranched alkanes of at least 4 members (excludes halogenated alkanes) is 13. The summed E-state index contributed by atoms with van der Waals surface area (Å²) in [6.45, 7) is 4.48. The van der Waals surface area contributed by atoms with Crippen molar-refractivity contribution in [3.63, 3.8) is 0 Å². The van der Waals surface area contributed by atoms with Crippen LogP contribution in [0.3, 0.4) is 0 Å². The van der Waals surface area contributed by atoms with Crippen LogP contribution in [0.15, 0.2) is 109 Å². The van der Waals surface area contributed by atoms with E-state index in [1.807, 2.05) is 21.1 Å². The normalized spacial score (nSPS) is 13.8. The summed E-state index contributed by atoms with van der Waals surface area (Å²) in [5.41, 5.74) is 0. The van der Waals surface area contributed by atoms with Crippen molar-refractivity contribution in [2.75, 3.05) is 41.0 Å². The topological polar surface area (TPSA) is 99.1 Å². The maximum Gasteiger partial charge on any atom is 0.362 e. The Balaban J connectivity index is 4.32. The van der Waals surface area contributed by atoms with Gasteiger partial charge in [-0.3, -0.25) is 9.59 Å². The number of carboxylic acid groups (broad SMARTS) is 1. The predicted molar refractivity (Wildman–Crippen MR) is 279 cm³/mol. The van der Waals surface area contributed by atoms with Crippen LogP contribution in [-0.2, 0) is 28.6 Å². The first-order valence-electron chi connectivity index (χ1n) is 25.9. The fourth-order valence-corrected chi connectivity index (χ4v) is 6.99. The summed E-state index contributed by atoms with van der Waals surface area (Å²) in [4.78, 5) is 37.2. The van der Waals surface area contributed by atoms with Crippen molar-refractivity contribution in [3.8, 4) is 0 Å². The molecular weight excluding hydrogens is 823 g/mol. The van der Waals surface area contributed by atoms with Gasteiger partial charge < -0.3 is 23.8 Å². The molecule has 0 aliphatic carbocycles. The molecule has 0 rings (SSSR count). The monoisotopic (exact) mass is 919 g/mol. The highest BCUT2D eigenvalue weighted by Crippen LogP contribution is 2.14. The number of carbonyl (C=O) groups is 3. The number of hydrogen-bond donors (Lipinski definition) is 1. The van der Waals surface area contributed by atoms with Crippen LogP contribution in [0.2, 0.25) is 0 Å². The second-order valence-corrected chi connectivity index (χ2v) is 18.0. The maximum absolute atomic E-state index is 12.8. The van der Waals surface area contributed by atoms with Crippen LogP contribution in [0.25, 0.3) is 0 Å². The van der Waals surface area contributed by atoms with Crippen LogP contribution in [0.1, 0.15) is 187 Å². The Kier molecular flexibility index (Phi) is 44.6. The van der Waals surface area contributed by atoms with Crippen LogP contribution in [-0.4, -0.2) is 80.6 Å². The molecule has 2 atom stereocenters. The molecule has 0 saturated carbocycles. The lowest BCUT2D eigenvalue weighted by molar-refractivity contribution is -0.887. The zero-order chi connectivity index (χ0) is 48.4. The molecule has 0 aliphatic heterocycles. The van der Waals surface area contributed by atoms with E-state index in [9.17, 15) is 19.5 Å². The average molecular weight is 919 g/mol. The molecule has 8 heteroatoms. The number of hydrogen-bond acceptors (Lipinski definition) is 6. The Morgan fingerprint density at radius 1 is 0.455 bits per heavy atom. The highest BCUT2D eigenvalue weighted by molar-refractivity contribution is 5.72. The van der Waals surface area contributed by atoms with Crippen LogP contribution < -0.4 is 0 Å². The molecule has 0 saturated heterocycles. The molecule has 0 radical (unpaired) electrons. The molecule has 0 bridgehead atoms. The Hall–Kier alpha value is -4.01. The molecule has 0 heterocycles. The van der Waals surface area contributed by atoms with Crippen molar-refractivity contribution in [3.05, 3.63) is 109 Å². The van der Waals surface area contributed by atoms with E-state index in [4.69, 9.17) is 14.2 Å². The van der Waals surface area contributed by atoms with Crippen molar-refractivity contribution >= 4 is 17.9 Å². The Morgan fingerprint density at radius 3 is 1.18 bits per heavy atom. The first-order chi connectivity index (χ1) is 32.1. The molecule has 8 nitrogen and oxygen atoms in total. The zero-order valence-electron chi connectivity index (χ0n) is 42.6. The van der Waals surface area contributed by atoms with E-state index < -0.39 is 18.1 Å². The van der Waals surface area contributed by atoms with E-state index in [0.717, 1.165) is 122 Å². The van der Waals surface area contributed by atoms with Crippen LogP contribution in [0, 0.1) is 0 Å². The number of nitrogens with zero attached hydrogens (tertiary/aromatic N) is 1. The van der Waals surface area contributed by atoms with E-state index in [1.165, 1.54) is 32.1 Å². The van der Waals surface area contributed by atoms with E-state index in [0.29, 0.717) is 19.3 Å². The molecule has 1 N–H and O–H groups in total. The van der Waals surface area contributed by atoms with Gasteiger partial charge in [0.2, 0.25) is 0 Å². The summed E-state index contributed by atoms with van der Waals surface area (Å²) in [6, 6.07) is -0.627. The summed E-state index contributed by atoms with van der Waals surface area (Å²) in [5, 5.41) is 9.66. The maximum atomic E-state index is 12.8. The minimum Gasteiger partial charge on any atom is -0.477 e. The van der Waals surface area contributed by atoms with Gasteiger partial charge in [-0.1, -0.05) is 181 Å². The summed E-state index contributed by atoms with van der Waals surface area (Å²) < 4.78 is 17.3. The Bertz CT molecular complexity index is 1440. The number of esters is 2. The Morgan fingerprint density at radius 2 is 0.803 bits per heavy atom. The van der Waals surface area contributed by atoms with Gasteiger partial charge in [-0.25, -0.2) is 4.79 Å². The molecule has 0 aliphatic rings. The number of ether oxygens (including phenoxy) is 3. The second-order valence-electron chi connectivity index (χ2n) is 18.0. The molecule has 374 valence electrons. The van der Waals surface area contributed by atoms with Crippen molar-refractivity contribution in [1.29, 1.82) is 0 Å². The SMILES string of the molecule is CC/C=C/C/C=C/C/C=C/C/C=C/C/C=C/CCCCCCCCCC(=O)OC(COCCC(C(=O)O)[N+](C)(C)C)COC(=O)CCCCCCCC/C=C/C/C=C/C/C=C/C/C=C/CC. The van der Waals surface area contributed by atoms with Crippen molar-refractivity contribution in [2.24, 2.45) is 0 Å². The number of aliphatic carboxylic acids is 1. The van der Waals surface area contributed by atoms with Gasteiger partial charge in [0.15, 0.2) is 12.1 Å². The summed E-state index contributed by atoms with van der Waals surface area (Å²) >= 11 is 0. The van der Waals surface area contributed by atoms with E-state index in [2.05, 4.69) is 123 Å². The quantitative estimate of drug-likeness (QED) is 0.0281. The molecule has 0 spiro atoms. The lowest BCUT2D eigenvalue weighted by Crippen LogP contribution is -2.50. The van der Waals surface area contributed by atoms with Crippen molar-refractivity contribution < 1.29 is 38.2 Å². The molecule has 0 amide bonds.